The minimum absolute atomic E-state index is 0.000459. The lowest BCUT2D eigenvalue weighted by Crippen LogP contribution is -2.34. The van der Waals surface area contributed by atoms with Gasteiger partial charge in [-0.1, -0.05) is 6.42 Å². The summed E-state index contributed by atoms with van der Waals surface area (Å²) >= 11 is 3.33. The Morgan fingerprint density at radius 1 is 1.59 bits per heavy atom. The lowest BCUT2D eigenvalue weighted by atomic mass is 10.0. The highest BCUT2D eigenvalue weighted by atomic mass is 79.9. The molecule has 0 radical (unpaired) electrons. The number of anilines is 1. The summed E-state index contributed by atoms with van der Waals surface area (Å²) < 4.78 is 0.799. The molecule has 0 spiro atoms. The number of amides is 1. The summed E-state index contributed by atoms with van der Waals surface area (Å²) in [5, 5.41) is 2.88. The molecule has 4 nitrogen and oxygen atoms in total. The fraction of sp³-hybridized carbons (Fsp3) is 0.500. The predicted molar refractivity (Wildman–Crippen MR) is 70.6 cm³/mol. The summed E-state index contributed by atoms with van der Waals surface area (Å²) in [7, 11) is 0. The van der Waals surface area contributed by atoms with Crippen LogP contribution in [-0.4, -0.2) is 16.9 Å². The minimum atomic E-state index is -0.0565. The number of nitrogens with zero attached hydrogens (tertiary/aromatic N) is 1. The lowest BCUT2D eigenvalue weighted by molar-refractivity contribution is -0.120. The monoisotopic (exact) mass is 297 g/mol. The van der Waals surface area contributed by atoms with Crippen molar-refractivity contribution in [3.63, 3.8) is 0 Å². The quantitative estimate of drug-likeness (QED) is 0.823. The third-order valence-corrected chi connectivity index (χ3v) is 4.02. The number of pyridine rings is 1. The van der Waals surface area contributed by atoms with Crippen LogP contribution in [0.3, 0.4) is 0 Å². The van der Waals surface area contributed by atoms with Gasteiger partial charge in [-0.05, 0) is 47.3 Å². The molecule has 1 fully saturated rings. The van der Waals surface area contributed by atoms with E-state index >= 15 is 0 Å². The standard InChI is InChI=1S/C12H16BrN3O/c1-7-5-8(6-15-11(7)13)16-12(17)9-3-2-4-10(9)14/h5-6,9-10H,2-4,14H2,1H3,(H,16,17). The second-order valence-electron chi connectivity index (χ2n) is 4.52. The van der Waals surface area contributed by atoms with Crippen molar-refractivity contribution in [3.8, 4) is 0 Å². The van der Waals surface area contributed by atoms with E-state index < -0.39 is 0 Å². The molecule has 1 aliphatic carbocycles. The largest absolute Gasteiger partial charge is 0.327 e. The highest BCUT2D eigenvalue weighted by molar-refractivity contribution is 9.10. The molecule has 0 saturated heterocycles. The Morgan fingerprint density at radius 3 is 2.94 bits per heavy atom. The zero-order valence-electron chi connectivity index (χ0n) is 9.74. The number of rotatable bonds is 2. The van der Waals surface area contributed by atoms with Crippen LogP contribution in [0.25, 0.3) is 0 Å². The number of hydrogen-bond donors (Lipinski definition) is 2. The predicted octanol–water partition coefficient (Wildman–Crippen LogP) is 2.22. The zero-order chi connectivity index (χ0) is 12.4. The number of carbonyl (C=O) groups is 1. The van der Waals surface area contributed by atoms with E-state index in [2.05, 4.69) is 26.2 Å². The van der Waals surface area contributed by atoms with Crippen molar-refractivity contribution in [3.05, 3.63) is 22.4 Å². The Hall–Kier alpha value is -0.940. The molecule has 1 amide bonds. The average molecular weight is 298 g/mol. The zero-order valence-corrected chi connectivity index (χ0v) is 11.3. The van der Waals surface area contributed by atoms with Gasteiger partial charge in [-0.3, -0.25) is 4.79 Å². The van der Waals surface area contributed by atoms with Crippen LogP contribution in [-0.2, 0) is 4.79 Å². The summed E-state index contributed by atoms with van der Waals surface area (Å²) in [6, 6.07) is 1.90. The van der Waals surface area contributed by atoms with Gasteiger partial charge >= 0.3 is 0 Å². The number of carbonyl (C=O) groups excluding carboxylic acids is 1. The van der Waals surface area contributed by atoms with E-state index in [1.54, 1.807) is 6.20 Å². The van der Waals surface area contributed by atoms with Crippen LogP contribution in [0.4, 0.5) is 5.69 Å². The van der Waals surface area contributed by atoms with Crippen LogP contribution < -0.4 is 11.1 Å². The molecular formula is C12H16BrN3O. The molecule has 3 N–H and O–H groups in total. The molecule has 2 rings (SSSR count). The van der Waals surface area contributed by atoms with E-state index in [1.165, 1.54) is 0 Å². The van der Waals surface area contributed by atoms with E-state index in [0.29, 0.717) is 0 Å². The number of halogens is 1. The van der Waals surface area contributed by atoms with E-state index in [-0.39, 0.29) is 17.9 Å². The maximum absolute atomic E-state index is 12.0. The molecule has 1 heterocycles. The maximum Gasteiger partial charge on any atom is 0.229 e. The van der Waals surface area contributed by atoms with E-state index in [0.717, 1.165) is 35.1 Å². The Balaban J connectivity index is 2.05. The van der Waals surface area contributed by atoms with E-state index in [9.17, 15) is 4.79 Å². The summed E-state index contributed by atoms with van der Waals surface area (Å²) in [6.07, 6.45) is 4.51. The fourth-order valence-electron chi connectivity index (χ4n) is 2.18. The number of nitrogens with one attached hydrogen (secondary N) is 1. The molecule has 2 unspecified atom stereocenters. The number of hydrogen-bond acceptors (Lipinski definition) is 3. The molecule has 17 heavy (non-hydrogen) atoms. The van der Waals surface area contributed by atoms with E-state index in [1.807, 2.05) is 13.0 Å². The van der Waals surface area contributed by atoms with Crippen molar-refractivity contribution in [2.45, 2.75) is 32.2 Å². The third kappa shape index (κ3) is 2.84. The van der Waals surface area contributed by atoms with E-state index in [4.69, 9.17) is 5.73 Å². The fourth-order valence-corrected chi connectivity index (χ4v) is 2.39. The van der Waals surface area contributed by atoms with Crippen LogP contribution >= 0.6 is 15.9 Å². The van der Waals surface area contributed by atoms with Crippen molar-refractivity contribution < 1.29 is 4.79 Å². The van der Waals surface area contributed by atoms with Gasteiger partial charge < -0.3 is 11.1 Å². The van der Waals surface area contributed by atoms with Gasteiger partial charge in [0.1, 0.15) is 4.60 Å². The Labute approximate surface area is 109 Å². The van der Waals surface area contributed by atoms with Crippen LogP contribution in [0.2, 0.25) is 0 Å². The Kier molecular flexibility index (Phi) is 3.79. The summed E-state index contributed by atoms with van der Waals surface area (Å²) in [5.74, 6) is -0.0440. The van der Waals surface area contributed by atoms with Gasteiger partial charge in [0.05, 0.1) is 17.8 Å². The molecule has 0 aromatic carbocycles. The molecule has 1 aromatic heterocycles. The first-order valence-electron chi connectivity index (χ1n) is 5.76. The van der Waals surface area contributed by atoms with Gasteiger partial charge in [-0.2, -0.15) is 0 Å². The topological polar surface area (TPSA) is 68.0 Å². The van der Waals surface area contributed by atoms with Crippen LogP contribution in [0.15, 0.2) is 16.9 Å². The summed E-state index contributed by atoms with van der Waals surface area (Å²) in [6.45, 7) is 1.94. The summed E-state index contributed by atoms with van der Waals surface area (Å²) in [5.41, 5.74) is 7.63. The normalized spacial score (nSPS) is 23.7. The van der Waals surface area contributed by atoms with Crippen molar-refractivity contribution >= 4 is 27.5 Å². The van der Waals surface area contributed by atoms with Crippen LogP contribution in [0.1, 0.15) is 24.8 Å². The molecule has 5 heteroatoms. The van der Waals surface area contributed by atoms with Crippen LogP contribution in [0, 0.1) is 12.8 Å². The number of aromatic nitrogens is 1. The smallest absolute Gasteiger partial charge is 0.229 e. The Morgan fingerprint density at radius 2 is 2.35 bits per heavy atom. The first-order valence-corrected chi connectivity index (χ1v) is 6.56. The van der Waals surface area contributed by atoms with Gasteiger partial charge in [0.15, 0.2) is 0 Å². The highest BCUT2D eigenvalue weighted by Crippen LogP contribution is 2.25. The van der Waals surface area contributed by atoms with Crippen molar-refractivity contribution in [1.82, 2.24) is 4.98 Å². The second kappa shape index (κ2) is 5.14. The third-order valence-electron chi connectivity index (χ3n) is 3.19. The van der Waals surface area contributed by atoms with Crippen molar-refractivity contribution in [2.75, 3.05) is 5.32 Å². The maximum atomic E-state index is 12.0. The molecule has 1 aliphatic rings. The van der Waals surface area contributed by atoms with Crippen molar-refractivity contribution in [2.24, 2.45) is 11.7 Å². The minimum Gasteiger partial charge on any atom is -0.327 e. The highest BCUT2D eigenvalue weighted by Gasteiger charge is 2.30. The SMILES string of the molecule is Cc1cc(NC(=O)C2CCCC2N)cnc1Br. The second-order valence-corrected chi connectivity index (χ2v) is 5.27. The molecular weight excluding hydrogens is 282 g/mol. The molecule has 1 saturated carbocycles. The lowest BCUT2D eigenvalue weighted by Gasteiger charge is -2.15. The van der Waals surface area contributed by atoms with Gasteiger partial charge in [0, 0.05) is 6.04 Å². The van der Waals surface area contributed by atoms with Gasteiger partial charge in [0.2, 0.25) is 5.91 Å². The first kappa shape index (κ1) is 12.5. The Bertz CT molecular complexity index is 436. The van der Waals surface area contributed by atoms with Crippen LogP contribution in [0.5, 0.6) is 0 Å². The van der Waals surface area contributed by atoms with Gasteiger partial charge in [0.25, 0.3) is 0 Å². The van der Waals surface area contributed by atoms with Gasteiger partial charge in [-0.15, -0.1) is 0 Å². The molecule has 92 valence electrons. The molecule has 2 atom stereocenters. The average Bonchev–Trinajstić information content (AvgIpc) is 2.70. The number of aryl methyl sites for hydroxylation is 1. The molecule has 0 bridgehead atoms. The molecule has 0 aliphatic heterocycles. The summed E-state index contributed by atoms with van der Waals surface area (Å²) in [4.78, 5) is 16.1. The number of nitrogens with two attached hydrogens (primary N) is 1. The van der Waals surface area contributed by atoms with Crippen molar-refractivity contribution in [1.29, 1.82) is 0 Å². The molecule has 1 aromatic rings. The van der Waals surface area contributed by atoms with Gasteiger partial charge in [-0.25, -0.2) is 4.98 Å². The first-order chi connectivity index (χ1) is 8.08.